The van der Waals surface area contributed by atoms with Gasteiger partial charge in [0.15, 0.2) is 0 Å². The van der Waals surface area contributed by atoms with E-state index in [1.165, 1.54) is 12.1 Å². The molecule has 0 radical (unpaired) electrons. The van der Waals surface area contributed by atoms with Crippen LogP contribution in [0.15, 0.2) is 18.2 Å². The van der Waals surface area contributed by atoms with Crippen molar-refractivity contribution in [2.75, 3.05) is 13.2 Å². The molecule has 1 N–H and O–H groups in total. The van der Waals surface area contributed by atoms with E-state index >= 15 is 0 Å². The number of carbonyl (C=O) groups is 1. The molecule has 110 valence electrons. The van der Waals surface area contributed by atoms with E-state index in [9.17, 15) is 13.6 Å². The number of nitrogens with one attached hydrogen (secondary N) is 1. The highest BCUT2D eigenvalue weighted by molar-refractivity contribution is 5.76. The third kappa shape index (κ3) is 4.00. The van der Waals surface area contributed by atoms with Crippen LogP contribution in [-0.2, 0) is 9.53 Å². The lowest BCUT2D eigenvalue weighted by Gasteiger charge is -2.22. The Bertz CT molecular complexity index is 473. The van der Waals surface area contributed by atoms with Crippen molar-refractivity contribution >= 4 is 5.91 Å². The van der Waals surface area contributed by atoms with Gasteiger partial charge in [0.25, 0.3) is 0 Å². The Morgan fingerprint density at radius 2 is 2.10 bits per heavy atom. The molecule has 0 spiro atoms. The molecule has 1 aromatic carbocycles. The molecule has 0 bridgehead atoms. The van der Waals surface area contributed by atoms with Gasteiger partial charge in [0.05, 0.1) is 6.04 Å². The molecular formula is C15H19F2NO2. The van der Waals surface area contributed by atoms with Crippen LogP contribution in [0.5, 0.6) is 0 Å². The molecule has 3 nitrogen and oxygen atoms in total. The molecule has 1 unspecified atom stereocenters. The maximum Gasteiger partial charge on any atom is 0.220 e. The van der Waals surface area contributed by atoms with Crippen LogP contribution in [0.1, 0.15) is 37.8 Å². The SMILES string of the molecule is CC(NC(=O)CC1CCOCC1)c1ccc(F)cc1F. The normalized spacial score (nSPS) is 17.8. The van der Waals surface area contributed by atoms with Crippen LogP contribution >= 0.6 is 0 Å². The smallest absolute Gasteiger partial charge is 0.220 e. The summed E-state index contributed by atoms with van der Waals surface area (Å²) in [7, 11) is 0. The van der Waals surface area contributed by atoms with Gasteiger partial charge in [-0.15, -0.1) is 0 Å². The second-order valence-electron chi connectivity index (χ2n) is 5.21. The second kappa shape index (κ2) is 6.79. The number of ether oxygens (including phenoxy) is 1. The molecule has 2 rings (SSSR count). The Balaban J connectivity index is 1.89. The minimum atomic E-state index is -0.635. The van der Waals surface area contributed by atoms with Crippen molar-refractivity contribution in [2.24, 2.45) is 5.92 Å². The number of hydrogen-bond donors (Lipinski definition) is 1. The number of amides is 1. The zero-order valence-electron chi connectivity index (χ0n) is 11.5. The maximum absolute atomic E-state index is 13.6. The maximum atomic E-state index is 13.6. The van der Waals surface area contributed by atoms with E-state index in [0.717, 1.165) is 18.9 Å². The zero-order valence-corrected chi connectivity index (χ0v) is 11.5. The van der Waals surface area contributed by atoms with Crippen molar-refractivity contribution < 1.29 is 18.3 Å². The quantitative estimate of drug-likeness (QED) is 0.922. The van der Waals surface area contributed by atoms with Gasteiger partial charge in [-0.1, -0.05) is 6.07 Å². The van der Waals surface area contributed by atoms with E-state index in [0.29, 0.717) is 31.1 Å². The van der Waals surface area contributed by atoms with Crippen LogP contribution in [0.25, 0.3) is 0 Å². The highest BCUT2D eigenvalue weighted by atomic mass is 19.1. The lowest BCUT2D eigenvalue weighted by atomic mass is 9.96. The minimum absolute atomic E-state index is 0.104. The summed E-state index contributed by atoms with van der Waals surface area (Å²) in [5.74, 6) is -1.03. The Hall–Kier alpha value is -1.49. The molecule has 1 aliphatic rings. The summed E-state index contributed by atoms with van der Waals surface area (Å²) < 4.78 is 31.7. The summed E-state index contributed by atoms with van der Waals surface area (Å²) in [6.07, 6.45) is 2.19. The molecule has 0 aliphatic carbocycles. The van der Waals surface area contributed by atoms with Gasteiger partial charge in [-0.3, -0.25) is 4.79 Å². The van der Waals surface area contributed by atoms with Crippen LogP contribution < -0.4 is 5.32 Å². The van der Waals surface area contributed by atoms with Crippen LogP contribution in [0.4, 0.5) is 8.78 Å². The van der Waals surface area contributed by atoms with E-state index in [1.54, 1.807) is 6.92 Å². The number of halogens is 2. The van der Waals surface area contributed by atoms with Gasteiger partial charge in [-0.2, -0.15) is 0 Å². The van der Waals surface area contributed by atoms with Crippen LogP contribution in [0.3, 0.4) is 0 Å². The predicted molar refractivity (Wildman–Crippen MR) is 71.1 cm³/mol. The topological polar surface area (TPSA) is 38.3 Å². The third-order valence-electron chi connectivity index (χ3n) is 3.62. The molecule has 1 saturated heterocycles. The fourth-order valence-corrected chi connectivity index (χ4v) is 2.44. The Labute approximate surface area is 117 Å². The van der Waals surface area contributed by atoms with Crippen molar-refractivity contribution in [2.45, 2.75) is 32.2 Å². The summed E-state index contributed by atoms with van der Waals surface area (Å²) in [5.41, 5.74) is 0.298. The average Bonchev–Trinajstić information content (AvgIpc) is 2.39. The van der Waals surface area contributed by atoms with Gasteiger partial charge >= 0.3 is 0 Å². The van der Waals surface area contributed by atoms with Crippen LogP contribution in [0, 0.1) is 17.6 Å². The molecule has 1 atom stereocenters. The second-order valence-corrected chi connectivity index (χ2v) is 5.21. The Kier molecular flexibility index (Phi) is 5.06. The average molecular weight is 283 g/mol. The first kappa shape index (κ1) is 14.9. The number of rotatable bonds is 4. The highest BCUT2D eigenvalue weighted by Crippen LogP contribution is 2.21. The molecular weight excluding hydrogens is 264 g/mol. The Morgan fingerprint density at radius 1 is 1.40 bits per heavy atom. The first-order valence-corrected chi connectivity index (χ1v) is 6.88. The van der Waals surface area contributed by atoms with Gasteiger partial charge < -0.3 is 10.1 Å². The van der Waals surface area contributed by atoms with E-state index in [1.807, 2.05) is 0 Å². The van der Waals surface area contributed by atoms with Crippen LogP contribution in [-0.4, -0.2) is 19.1 Å². The highest BCUT2D eigenvalue weighted by Gasteiger charge is 2.19. The van der Waals surface area contributed by atoms with Crippen LogP contribution in [0.2, 0.25) is 0 Å². The first-order chi connectivity index (χ1) is 9.56. The summed E-state index contributed by atoms with van der Waals surface area (Å²) in [6, 6.07) is 2.92. The lowest BCUT2D eigenvalue weighted by Crippen LogP contribution is -2.30. The molecule has 5 heteroatoms. The molecule has 1 heterocycles. The van der Waals surface area contributed by atoms with Crippen molar-refractivity contribution in [3.8, 4) is 0 Å². The summed E-state index contributed by atoms with van der Waals surface area (Å²) in [6.45, 7) is 3.08. The van der Waals surface area contributed by atoms with Crippen molar-refractivity contribution in [3.05, 3.63) is 35.4 Å². The fourth-order valence-electron chi connectivity index (χ4n) is 2.44. The Morgan fingerprint density at radius 3 is 2.75 bits per heavy atom. The molecule has 1 aliphatic heterocycles. The van der Waals surface area contributed by atoms with Crippen molar-refractivity contribution in [1.82, 2.24) is 5.32 Å². The first-order valence-electron chi connectivity index (χ1n) is 6.88. The molecule has 1 aromatic rings. The zero-order chi connectivity index (χ0) is 14.5. The lowest BCUT2D eigenvalue weighted by molar-refractivity contribution is -0.123. The molecule has 0 aromatic heterocycles. The molecule has 0 saturated carbocycles. The number of hydrogen-bond acceptors (Lipinski definition) is 2. The molecule has 1 fully saturated rings. The largest absolute Gasteiger partial charge is 0.381 e. The summed E-state index contributed by atoms with van der Waals surface area (Å²) in [5, 5.41) is 2.76. The van der Waals surface area contributed by atoms with E-state index in [-0.39, 0.29) is 5.91 Å². The fraction of sp³-hybridized carbons (Fsp3) is 0.533. The summed E-state index contributed by atoms with van der Waals surface area (Å²) in [4.78, 5) is 11.9. The standard InChI is InChI=1S/C15H19F2NO2/c1-10(13-3-2-12(16)9-14(13)17)18-15(19)8-11-4-6-20-7-5-11/h2-3,9-11H,4-8H2,1H3,(H,18,19). The van der Waals surface area contributed by atoms with E-state index in [4.69, 9.17) is 4.74 Å². The molecule has 20 heavy (non-hydrogen) atoms. The van der Waals surface area contributed by atoms with Crippen molar-refractivity contribution in [1.29, 1.82) is 0 Å². The summed E-state index contributed by atoms with van der Waals surface area (Å²) >= 11 is 0. The minimum Gasteiger partial charge on any atom is -0.381 e. The van der Waals surface area contributed by atoms with Crippen molar-refractivity contribution in [3.63, 3.8) is 0 Å². The third-order valence-corrected chi connectivity index (χ3v) is 3.62. The monoisotopic (exact) mass is 283 g/mol. The van der Waals surface area contributed by atoms with Gasteiger partial charge in [0.2, 0.25) is 5.91 Å². The van der Waals surface area contributed by atoms with Gasteiger partial charge in [-0.05, 0) is 31.7 Å². The van der Waals surface area contributed by atoms with Gasteiger partial charge in [-0.25, -0.2) is 8.78 Å². The van der Waals surface area contributed by atoms with Gasteiger partial charge in [0, 0.05) is 31.3 Å². The number of benzene rings is 1. The predicted octanol–water partition coefficient (Wildman–Crippen LogP) is 2.96. The molecule has 1 amide bonds. The van der Waals surface area contributed by atoms with E-state index in [2.05, 4.69) is 5.32 Å². The number of carbonyl (C=O) groups excluding carboxylic acids is 1. The van der Waals surface area contributed by atoms with E-state index < -0.39 is 17.7 Å². The van der Waals surface area contributed by atoms with Gasteiger partial charge in [0.1, 0.15) is 11.6 Å².